The van der Waals surface area contributed by atoms with Crippen molar-refractivity contribution in [2.24, 2.45) is 10.9 Å². The van der Waals surface area contributed by atoms with Gasteiger partial charge in [0.05, 0.1) is 12.6 Å². The van der Waals surface area contributed by atoms with Crippen LogP contribution in [0.25, 0.3) is 0 Å². The first-order valence-electron chi connectivity index (χ1n) is 10.6. The maximum absolute atomic E-state index is 5.79. The molecule has 1 aliphatic heterocycles. The zero-order chi connectivity index (χ0) is 19.9. The molecule has 2 aromatic heterocycles. The lowest BCUT2D eigenvalue weighted by Gasteiger charge is -2.27. The summed E-state index contributed by atoms with van der Waals surface area (Å²) in [5.41, 5.74) is 1.14. The van der Waals surface area contributed by atoms with E-state index in [1.807, 2.05) is 36.7 Å². The van der Waals surface area contributed by atoms with Crippen LogP contribution in [0.5, 0.6) is 5.88 Å². The molecule has 1 unspecified atom stereocenters. The maximum atomic E-state index is 5.79. The van der Waals surface area contributed by atoms with Crippen molar-refractivity contribution in [3.8, 4) is 5.88 Å². The van der Waals surface area contributed by atoms with Gasteiger partial charge in [-0.25, -0.2) is 4.98 Å². The highest BCUT2D eigenvalue weighted by Crippen LogP contribution is 2.29. The van der Waals surface area contributed by atoms with Gasteiger partial charge in [-0.1, -0.05) is 6.07 Å². The fraction of sp³-hybridized carbons (Fsp3) is 0.545. The van der Waals surface area contributed by atoms with Crippen molar-refractivity contribution >= 4 is 41.3 Å². The molecule has 1 aliphatic carbocycles. The lowest BCUT2D eigenvalue weighted by molar-refractivity contribution is 0.249. The van der Waals surface area contributed by atoms with Crippen LogP contribution in [0.15, 0.2) is 40.8 Å². The predicted molar refractivity (Wildman–Crippen MR) is 134 cm³/mol. The number of pyridine rings is 1. The van der Waals surface area contributed by atoms with Crippen molar-refractivity contribution in [1.82, 2.24) is 20.5 Å². The number of halogens is 1. The molecule has 0 amide bonds. The minimum Gasteiger partial charge on any atom is -0.477 e. The molecule has 0 bridgehead atoms. The molecule has 1 saturated carbocycles. The molecule has 1 saturated heterocycles. The molecule has 30 heavy (non-hydrogen) atoms. The zero-order valence-corrected chi connectivity index (χ0v) is 20.7. The number of guanidine groups is 1. The van der Waals surface area contributed by atoms with Crippen LogP contribution in [0.4, 0.5) is 0 Å². The third-order valence-electron chi connectivity index (χ3n) is 5.56. The Labute approximate surface area is 200 Å². The Kier molecular flexibility index (Phi) is 9.20. The Bertz CT molecular complexity index is 791. The van der Waals surface area contributed by atoms with Crippen LogP contribution in [0.2, 0.25) is 0 Å². The van der Waals surface area contributed by atoms with Crippen LogP contribution in [0.3, 0.4) is 0 Å². The summed E-state index contributed by atoms with van der Waals surface area (Å²) in [6, 6.07) is 8.82. The van der Waals surface area contributed by atoms with Crippen molar-refractivity contribution < 1.29 is 4.74 Å². The summed E-state index contributed by atoms with van der Waals surface area (Å²) < 4.78 is 5.79. The molecular weight excluding hydrogens is 509 g/mol. The molecule has 6 nitrogen and oxygen atoms in total. The van der Waals surface area contributed by atoms with E-state index in [0.29, 0.717) is 18.5 Å². The normalized spacial score (nSPS) is 18.0. The molecule has 0 spiro atoms. The third kappa shape index (κ3) is 6.81. The SMILES string of the molecule is CN=C(NCc1ccnc(OCC2CC2)c1)NCC(c1cccs1)N1CCCC1.I. The monoisotopic (exact) mass is 541 g/mol. The zero-order valence-electron chi connectivity index (χ0n) is 17.5. The summed E-state index contributed by atoms with van der Waals surface area (Å²) in [4.78, 5) is 12.7. The van der Waals surface area contributed by atoms with Crippen LogP contribution in [0.1, 0.15) is 42.2 Å². The first-order valence-corrected chi connectivity index (χ1v) is 11.5. The van der Waals surface area contributed by atoms with E-state index in [-0.39, 0.29) is 24.0 Å². The number of nitrogens with zero attached hydrogens (tertiary/aromatic N) is 3. The largest absolute Gasteiger partial charge is 0.477 e. The number of thiophene rings is 1. The van der Waals surface area contributed by atoms with Crippen LogP contribution in [-0.4, -0.2) is 49.1 Å². The summed E-state index contributed by atoms with van der Waals surface area (Å²) >= 11 is 1.84. The van der Waals surface area contributed by atoms with E-state index >= 15 is 0 Å². The van der Waals surface area contributed by atoms with Gasteiger partial charge in [-0.15, -0.1) is 35.3 Å². The molecule has 0 aromatic carbocycles. The van der Waals surface area contributed by atoms with Gasteiger partial charge >= 0.3 is 0 Å². The van der Waals surface area contributed by atoms with Gasteiger partial charge in [0.15, 0.2) is 5.96 Å². The van der Waals surface area contributed by atoms with E-state index in [4.69, 9.17) is 4.74 Å². The molecule has 1 atom stereocenters. The second-order valence-electron chi connectivity index (χ2n) is 7.84. The summed E-state index contributed by atoms with van der Waals surface area (Å²) in [6.07, 6.45) is 6.97. The Morgan fingerprint density at radius 2 is 2.13 bits per heavy atom. The highest BCUT2D eigenvalue weighted by Gasteiger charge is 2.24. The molecule has 3 heterocycles. The maximum Gasteiger partial charge on any atom is 0.213 e. The smallest absolute Gasteiger partial charge is 0.213 e. The summed E-state index contributed by atoms with van der Waals surface area (Å²) in [5, 5.41) is 9.11. The number of hydrogen-bond donors (Lipinski definition) is 2. The molecule has 8 heteroatoms. The lowest BCUT2D eigenvalue weighted by Crippen LogP contribution is -2.42. The standard InChI is InChI=1S/C22H31N5OS.HI/c1-23-22(25-14-18-8-9-24-21(13-18)28-16-17-6-7-17)26-15-19(20-5-4-12-29-20)27-10-2-3-11-27;/h4-5,8-9,12-13,17,19H,2-3,6-7,10-11,14-16H2,1H3,(H2,23,25,26);1H. The fourth-order valence-corrected chi connectivity index (χ4v) is 4.53. The minimum absolute atomic E-state index is 0. The van der Waals surface area contributed by atoms with Gasteiger partial charge in [0.25, 0.3) is 0 Å². The van der Waals surface area contributed by atoms with E-state index in [1.165, 1.54) is 43.6 Å². The Morgan fingerprint density at radius 1 is 1.30 bits per heavy atom. The van der Waals surface area contributed by atoms with Gasteiger partial charge in [0, 0.05) is 37.3 Å². The number of nitrogens with one attached hydrogen (secondary N) is 2. The number of likely N-dealkylation sites (tertiary alicyclic amines) is 1. The second kappa shape index (κ2) is 11.9. The number of ether oxygens (including phenoxy) is 1. The van der Waals surface area contributed by atoms with Crippen molar-refractivity contribution in [3.05, 3.63) is 46.3 Å². The molecule has 164 valence electrons. The van der Waals surface area contributed by atoms with Gasteiger partial charge in [-0.05, 0) is 67.8 Å². The molecule has 4 rings (SSSR count). The third-order valence-corrected chi connectivity index (χ3v) is 6.54. The molecule has 2 N–H and O–H groups in total. The van der Waals surface area contributed by atoms with Crippen molar-refractivity contribution in [3.63, 3.8) is 0 Å². The Balaban J connectivity index is 0.00000256. The fourth-order valence-electron chi connectivity index (χ4n) is 3.67. The Hall–Kier alpha value is -1.39. The van der Waals surface area contributed by atoms with E-state index in [2.05, 4.69) is 43.0 Å². The van der Waals surface area contributed by atoms with Crippen LogP contribution in [0, 0.1) is 5.92 Å². The number of rotatable bonds is 9. The summed E-state index contributed by atoms with van der Waals surface area (Å²) in [6.45, 7) is 4.68. The van der Waals surface area contributed by atoms with Gasteiger partial charge in [0.2, 0.25) is 5.88 Å². The van der Waals surface area contributed by atoms with E-state index < -0.39 is 0 Å². The Morgan fingerprint density at radius 3 is 2.83 bits per heavy atom. The first-order chi connectivity index (χ1) is 14.3. The molecule has 2 aromatic rings. The van der Waals surface area contributed by atoms with E-state index in [0.717, 1.165) is 30.6 Å². The van der Waals surface area contributed by atoms with Crippen LogP contribution >= 0.6 is 35.3 Å². The molecule has 0 radical (unpaired) electrons. The highest BCUT2D eigenvalue weighted by molar-refractivity contribution is 14.0. The average molecular weight is 542 g/mol. The van der Waals surface area contributed by atoms with E-state index in [1.54, 1.807) is 0 Å². The second-order valence-corrected chi connectivity index (χ2v) is 8.82. The van der Waals surface area contributed by atoms with Gasteiger partial charge < -0.3 is 15.4 Å². The average Bonchev–Trinajstić information content (AvgIpc) is 3.18. The lowest BCUT2D eigenvalue weighted by atomic mass is 10.2. The van der Waals surface area contributed by atoms with Crippen molar-refractivity contribution in [1.29, 1.82) is 0 Å². The van der Waals surface area contributed by atoms with Crippen LogP contribution < -0.4 is 15.4 Å². The van der Waals surface area contributed by atoms with Gasteiger partial charge in [-0.2, -0.15) is 0 Å². The summed E-state index contributed by atoms with van der Waals surface area (Å²) in [5.74, 6) is 2.27. The van der Waals surface area contributed by atoms with Gasteiger partial charge in [0.1, 0.15) is 0 Å². The van der Waals surface area contributed by atoms with E-state index in [9.17, 15) is 0 Å². The van der Waals surface area contributed by atoms with Crippen molar-refractivity contribution in [2.75, 3.05) is 33.3 Å². The number of hydrogen-bond acceptors (Lipinski definition) is 5. The number of aromatic nitrogens is 1. The highest BCUT2D eigenvalue weighted by atomic mass is 127. The predicted octanol–water partition coefficient (Wildman–Crippen LogP) is 4.05. The number of aliphatic imine (C=N–C) groups is 1. The topological polar surface area (TPSA) is 61.8 Å². The molecule has 2 fully saturated rings. The molecular formula is C22H32IN5OS. The van der Waals surface area contributed by atoms with Crippen molar-refractivity contribution in [2.45, 2.75) is 38.3 Å². The molecule has 2 aliphatic rings. The van der Waals surface area contributed by atoms with Gasteiger partial charge in [-0.3, -0.25) is 9.89 Å². The minimum atomic E-state index is 0. The van der Waals surface area contributed by atoms with Crippen LogP contribution in [-0.2, 0) is 6.54 Å². The summed E-state index contributed by atoms with van der Waals surface area (Å²) in [7, 11) is 1.82. The quantitative estimate of drug-likeness (QED) is 0.285. The first kappa shape index (κ1) is 23.3.